The molecule has 0 bridgehead atoms. The number of fused-ring (bicyclic) bond motifs is 5. The molecule has 51 heavy (non-hydrogen) atoms. The van der Waals surface area contributed by atoms with E-state index in [1.807, 2.05) is 67.5 Å². The number of anilines is 1. The minimum atomic E-state index is -0.925. The van der Waals surface area contributed by atoms with Gasteiger partial charge in [0.2, 0.25) is 5.91 Å². The quantitative estimate of drug-likeness (QED) is 0.186. The van der Waals surface area contributed by atoms with E-state index in [0.717, 1.165) is 45.7 Å². The molecular weight excluding hydrogens is 646 g/mol. The normalized spacial score (nSPS) is 22.1. The molecule has 0 unspecified atom stereocenters. The molecule has 0 aliphatic heterocycles. The molecule has 0 saturated heterocycles. The van der Waals surface area contributed by atoms with E-state index in [4.69, 9.17) is 9.47 Å². The Balaban J connectivity index is 1.00. The van der Waals surface area contributed by atoms with Gasteiger partial charge in [-0.2, -0.15) is 0 Å². The predicted molar refractivity (Wildman–Crippen MR) is 192 cm³/mol. The number of alkyl carbamates (subject to hydrolysis) is 1. The zero-order chi connectivity index (χ0) is 35.3. The molecule has 0 spiro atoms. The number of benzene rings is 3. The summed E-state index contributed by atoms with van der Waals surface area (Å²) >= 11 is 0. The van der Waals surface area contributed by atoms with Crippen LogP contribution in [0.5, 0.6) is 5.75 Å². The summed E-state index contributed by atoms with van der Waals surface area (Å²) in [5.74, 6) is 0.944. The zero-order valence-electron chi connectivity index (χ0n) is 28.8. The molecule has 2 heterocycles. The number of nitrogens with one attached hydrogen (secondary N) is 2. The van der Waals surface area contributed by atoms with Gasteiger partial charge in [0.05, 0.1) is 19.0 Å². The lowest BCUT2D eigenvalue weighted by molar-refractivity contribution is -0.124. The molecule has 262 valence electrons. The maximum atomic E-state index is 14.1. The van der Waals surface area contributed by atoms with E-state index in [9.17, 15) is 14.7 Å². The number of nitrogens with zero attached hydrogens (tertiary/aromatic N) is 5. The molecule has 0 radical (unpaired) electrons. The highest BCUT2D eigenvalue weighted by Crippen LogP contribution is 2.64. The van der Waals surface area contributed by atoms with Crippen LogP contribution in [0.2, 0.25) is 0 Å². The van der Waals surface area contributed by atoms with E-state index >= 15 is 0 Å². The second-order valence-corrected chi connectivity index (χ2v) is 14.0. The lowest BCUT2D eigenvalue weighted by Crippen LogP contribution is -2.52. The number of carbonyl (C=O) groups is 2. The van der Waals surface area contributed by atoms with Crippen molar-refractivity contribution >= 4 is 29.0 Å². The highest BCUT2D eigenvalue weighted by Gasteiger charge is 2.67. The summed E-state index contributed by atoms with van der Waals surface area (Å²) in [6.45, 7) is 0.0545. The number of methoxy groups -OCH3 is 1. The monoisotopic (exact) mass is 687 g/mol. The maximum absolute atomic E-state index is 14.1. The van der Waals surface area contributed by atoms with Gasteiger partial charge >= 0.3 is 6.09 Å². The van der Waals surface area contributed by atoms with Gasteiger partial charge in [0.1, 0.15) is 24.7 Å². The average Bonchev–Trinajstić information content (AvgIpc) is 3.41. The van der Waals surface area contributed by atoms with Gasteiger partial charge in [0.25, 0.3) is 0 Å². The number of amides is 2. The Morgan fingerprint density at radius 3 is 2.35 bits per heavy atom. The maximum Gasteiger partial charge on any atom is 0.407 e. The van der Waals surface area contributed by atoms with Crippen molar-refractivity contribution in [3.63, 3.8) is 0 Å². The van der Waals surface area contributed by atoms with Crippen molar-refractivity contribution in [3.8, 4) is 16.9 Å². The van der Waals surface area contributed by atoms with Crippen LogP contribution in [-0.2, 0) is 21.5 Å². The van der Waals surface area contributed by atoms with E-state index in [1.165, 1.54) is 0 Å². The molecule has 2 aromatic heterocycles. The van der Waals surface area contributed by atoms with E-state index in [2.05, 4.69) is 54.4 Å². The largest absolute Gasteiger partial charge is 0.497 e. The molecule has 3 aliphatic rings. The van der Waals surface area contributed by atoms with Crippen LogP contribution in [0.1, 0.15) is 35.4 Å². The van der Waals surface area contributed by atoms with E-state index < -0.39 is 12.1 Å². The molecule has 3 aromatic carbocycles. The fourth-order valence-corrected chi connectivity index (χ4v) is 8.45. The molecule has 12 nitrogen and oxygen atoms in total. The first-order chi connectivity index (χ1) is 24.8. The molecule has 8 rings (SSSR count). The van der Waals surface area contributed by atoms with Crippen molar-refractivity contribution in [2.75, 3.05) is 39.3 Å². The number of aliphatic hydroxyl groups excluding tert-OH is 1. The second kappa shape index (κ2) is 13.0. The van der Waals surface area contributed by atoms with Crippen molar-refractivity contribution in [2.45, 2.75) is 42.8 Å². The van der Waals surface area contributed by atoms with Crippen molar-refractivity contribution in [3.05, 3.63) is 102 Å². The minimum absolute atomic E-state index is 0.0785. The highest BCUT2D eigenvalue weighted by molar-refractivity contribution is 5.87. The molecule has 2 amide bonds. The van der Waals surface area contributed by atoms with Gasteiger partial charge in [-0.25, -0.2) is 19.7 Å². The zero-order valence-corrected chi connectivity index (χ0v) is 28.8. The van der Waals surface area contributed by atoms with Crippen LogP contribution in [0.25, 0.3) is 22.3 Å². The number of imidazole rings is 1. The van der Waals surface area contributed by atoms with Crippen LogP contribution in [0.3, 0.4) is 0 Å². The van der Waals surface area contributed by atoms with Gasteiger partial charge in [-0.3, -0.25) is 4.79 Å². The lowest BCUT2D eigenvalue weighted by Gasteiger charge is -2.26. The molecule has 12 heteroatoms. The first-order valence-corrected chi connectivity index (χ1v) is 17.3. The van der Waals surface area contributed by atoms with Gasteiger partial charge in [-0.15, -0.1) is 0 Å². The summed E-state index contributed by atoms with van der Waals surface area (Å²) in [6, 6.07) is 22.5. The van der Waals surface area contributed by atoms with Gasteiger partial charge in [0, 0.05) is 45.0 Å². The third-order valence-corrected chi connectivity index (χ3v) is 11.0. The van der Waals surface area contributed by atoms with Crippen molar-refractivity contribution in [1.82, 2.24) is 30.2 Å². The van der Waals surface area contributed by atoms with Crippen LogP contribution in [0.15, 0.2) is 85.5 Å². The topological polar surface area (TPSA) is 144 Å². The van der Waals surface area contributed by atoms with Crippen LogP contribution in [0, 0.1) is 11.8 Å². The van der Waals surface area contributed by atoms with Crippen LogP contribution in [0.4, 0.5) is 10.6 Å². The predicted octanol–water partition coefficient (Wildman–Crippen LogP) is 4.26. The first-order valence-electron chi connectivity index (χ1n) is 17.3. The summed E-state index contributed by atoms with van der Waals surface area (Å²) < 4.78 is 13.3. The van der Waals surface area contributed by atoms with Gasteiger partial charge in [-0.1, -0.05) is 60.7 Å². The summed E-state index contributed by atoms with van der Waals surface area (Å²) in [7, 11) is 5.43. The van der Waals surface area contributed by atoms with Crippen molar-refractivity contribution in [2.24, 2.45) is 11.8 Å². The average molecular weight is 688 g/mol. The molecule has 5 atom stereocenters. The van der Waals surface area contributed by atoms with Gasteiger partial charge in [0.15, 0.2) is 17.0 Å². The summed E-state index contributed by atoms with van der Waals surface area (Å²) in [5.41, 5.74) is 6.45. The number of rotatable bonds is 11. The lowest BCUT2D eigenvalue weighted by atomic mass is 9.97. The number of ether oxygens (including phenoxy) is 2. The van der Waals surface area contributed by atoms with Crippen molar-refractivity contribution < 1.29 is 24.2 Å². The molecule has 3 N–H and O–H groups in total. The number of aromatic nitrogens is 4. The molecule has 5 aromatic rings. The SMILES string of the molecule is COc1ccc(C[C@H](NC(=O)OCC2c3ccccc3-c3ccccc32)C(=O)N[C@H]2C[C@@]3(n4cnc5c(N(C)C)ncnc54)C[C@H]3[C@@H]2CO)cc1. The highest BCUT2D eigenvalue weighted by atomic mass is 16.5. The Morgan fingerprint density at radius 2 is 1.69 bits per heavy atom. The molecule has 2 fully saturated rings. The fourth-order valence-electron chi connectivity index (χ4n) is 8.45. The molecule has 3 aliphatic carbocycles. The summed E-state index contributed by atoms with van der Waals surface area (Å²) in [5, 5.41) is 16.6. The number of aliphatic hydroxyl groups is 1. The minimum Gasteiger partial charge on any atom is -0.497 e. The van der Waals surface area contributed by atoms with Crippen molar-refractivity contribution in [1.29, 1.82) is 0 Å². The Kier molecular flexibility index (Phi) is 8.33. The Morgan fingerprint density at radius 1 is 0.980 bits per heavy atom. The van der Waals surface area contributed by atoms with Crippen LogP contribution >= 0.6 is 0 Å². The number of hydrogen-bond donors (Lipinski definition) is 3. The van der Waals surface area contributed by atoms with E-state index in [0.29, 0.717) is 17.7 Å². The van der Waals surface area contributed by atoms with E-state index in [1.54, 1.807) is 19.8 Å². The second-order valence-electron chi connectivity index (χ2n) is 14.0. The third-order valence-electron chi connectivity index (χ3n) is 11.0. The Hall–Kier alpha value is -5.49. The number of carbonyl (C=O) groups excluding carboxylic acids is 2. The fraction of sp³-hybridized carbons (Fsp3) is 0.359. The van der Waals surface area contributed by atoms with Gasteiger partial charge < -0.3 is 34.7 Å². The van der Waals surface area contributed by atoms with E-state index in [-0.39, 0.29) is 54.9 Å². The standard InChI is InChI=1S/C39H41N7O5/c1-45(2)35-34-36(41-21-40-35)46(22-42-34)39-17-31(39)29(19-47)33(18-39)43-37(48)32(16-23-12-14-24(50-3)15-13-23)44-38(49)51-20-30-27-10-6-4-8-25(27)26-9-5-7-11-28(26)30/h4-15,21-22,29-33,47H,16-20H2,1-3H3,(H,43,48)(H,44,49)/t29-,31-,32-,33-,39-/m0/s1. The van der Waals surface area contributed by atoms with Crippen LogP contribution < -0.4 is 20.3 Å². The van der Waals surface area contributed by atoms with Gasteiger partial charge in [-0.05, 0) is 58.7 Å². The Bertz CT molecular complexity index is 2050. The summed E-state index contributed by atoms with van der Waals surface area (Å²) in [6.07, 6.45) is 4.36. The molecule has 2 saturated carbocycles. The number of hydrogen-bond acceptors (Lipinski definition) is 9. The Labute approximate surface area is 295 Å². The molecular formula is C39H41N7O5. The smallest absolute Gasteiger partial charge is 0.407 e. The third kappa shape index (κ3) is 5.73. The first kappa shape index (κ1) is 32.7. The summed E-state index contributed by atoms with van der Waals surface area (Å²) in [4.78, 5) is 43.1. The van der Waals surface area contributed by atoms with Crippen LogP contribution in [-0.4, -0.2) is 83.1 Å².